The summed E-state index contributed by atoms with van der Waals surface area (Å²) in [6, 6.07) is 9.13. The molecule has 1 aromatic heterocycles. The molecular weight excluding hydrogens is 517 g/mol. The Morgan fingerprint density at radius 2 is 1.73 bits per heavy atom. The lowest BCUT2D eigenvalue weighted by Crippen LogP contribution is -2.52. The number of pyridine rings is 1. The maximum atomic E-state index is 13.8. The average molecular weight is 555 g/mol. The fourth-order valence-corrected chi connectivity index (χ4v) is 6.70. The second-order valence-electron chi connectivity index (χ2n) is 11.7. The van der Waals surface area contributed by atoms with E-state index in [1.165, 1.54) is 12.8 Å². The number of rotatable bonds is 8. The molecule has 4 fully saturated rings. The van der Waals surface area contributed by atoms with Gasteiger partial charge in [-0.15, -0.1) is 0 Å². The van der Waals surface area contributed by atoms with E-state index in [-0.39, 0.29) is 23.6 Å². The summed E-state index contributed by atoms with van der Waals surface area (Å²) in [7, 11) is 0. The zero-order valence-corrected chi connectivity index (χ0v) is 22.7. The van der Waals surface area contributed by atoms with Crippen molar-refractivity contribution in [2.75, 3.05) is 25.1 Å². The molecular formula is C31H37F3N4O2. The lowest BCUT2D eigenvalue weighted by molar-refractivity contribution is -0.122. The molecule has 0 radical (unpaired) electrons. The summed E-state index contributed by atoms with van der Waals surface area (Å²) in [6.45, 7) is 5.33. The fraction of sp³-hybridized carbons (Fsp3) is 0.548. The minimum atomic E-state index is -4.60. The van der Waals surface area contributed by atoms with E-state index in [4.69, 9.17) is 4.74 Å². The number of aromatic nitrogens is 1. The van der Waals surface area contributed by atoms with Crippen LogP contribution in [0.2, 0.25) is 0 Å². The van der Waals surface area contributed by atoms with Crippen LogP contribution in [0, 0.1) is 5.92 Å². The quantitative estimate of drug-likeness (QED) is 0.423. The van der Waals surface area contributed by atoms with Crippen LogP contribution in [0.5, 0.6) is 0 Å². The predicted octanol–water partition coefficient (Wildman–Crippen LogP) is 5.94. The number of fused-ring (bicyclic) bond motifs is 3. The Morgan fingerprint density at radius 1 is 1.02 bits per heavy atom. The smallest absolute Gasteiger partial charge is 0.382 e. The first-order valence-electron chi connectivity index (χ1n) is 14.5. The summed E-state index contributed by atoms with van der Waals surface area (Å²) in [5.74, 6) is 0.117. The Balaban J connectivity index is 1.20. The molecule has 6 nitrogen and oxygen atoms in total. The number of halogens is 3. The van der Waals surface area contributed by atoms with Gasteiger partial charge < -0.3 is 15.4 Å². The summed E-state index contributed by atoms with van der Waals surface area (Å²) >= 11 is 0. The topological polar surface area (TPSA) is 66.5 Å². The van der Waals surface area contributed by atoms with Gasteiger partial charge in [-0.3, -0.25) is 9.69 Å². The molecule has 2 bridgehead atoms. The molecule has 2 aliphatic heterocycles. The first-order valence-corrected chi connectivity index (χ1v) is 14.5. The fourth-order valence-electron chi connectivity index (χ4n) is 6.70. The van der Waals surface area contributed by atoms with Crippen molar-refractivity contribution in [3.05, 3.63) is 48.3 Å². The number of carbonyl (C=O) groups excluding carboxylic acids is 1. The number of amides is 1. The molecule has 40 heavy (non-hydrogen) atoms. The van der Waals surface area contributed by atoms with Crippen LogP contribution >= 0.6 is 0 Å². The zero-order chi connectivity index (χ0) is 27.9. The van der Waals surface area contributed by atoms with Gasteiger partial charge in [-0.05, 0) is 69.6 Å². The van der Waals surface area contributed by atoms with Crippen molar-refractivity contribution in [1.82, 2.24) is 15.2 Å². The third kappa shape index (κ3) is 5.77. The predicted molar refractivity (Wildman–Crippen MR) is 151 cm³/mol. The Bertz CT molecular complexity index is 1280. The summed E-state index contributed by atoms with van der Waals surface area (Å²) < 4.78 is 47.1. The van der Waals surface area contributed by atoms with E-state index >= 15 is 0 Å². The average Bonchev–Trinajstić information content (AvgIpc) is 3.76. The van der Waals surface area contributed by atoms with Gasteiger partial charge in [0.15, 0.2) is 0 Å². The van der Waals surface area contributed by atoms with E-state index < -0.39 is 11.7 Å². The molecule has 0 spiro atoms. The lowest BCUT2D eigenvalue weighted by atomic mass is 9.88. The van der Waals surface area contributed by atoms with Crippen molar-refractivity contribution in [2.24, 2.45) is 5.92 Å². The van der Waals surface area contributed by atoms with Gasteiger partial charge in [-0.2, -0.15) is 13.2 Å². The SMILES string of the molecule is C=C(c1nc(/C=C/CNC(=O)C2CC2)cc2c(NC3CCC(N4C5CCC4COC5)CC3)cccc12)C(F)(F)F. The van der Waals surface area contributed by atoms with Gasteiger partial charge in [0.05, 0.1) is 30.2 Å². The Labute approximate surface area is 233 Å². The highest BCUT2D eigenvalue weighted by atomic mass is 19.4. The number of benzene rings is 1. The maximum Gasteiger partial charge on any atom is 0.417 e. The van der Waals surface area contributed by atoms with Crippen LogP contribution in [0.25, 0.3) is 22.4 Å². The largest absolute Gasteiger partial charge is 0.417 e. The molecule has 2 aromatic rings. The minimum absolute atomic E-state index is 0.0183. The summed E-state index contributed by atoms with van der Waals surface area (Å²) in [6.07, 6.45) is 7.31. The molecule has 2 saturated carbocycles. The Hall–Kier alpha value is -2.91. The summed E-state index contributed by atoms with van der Waals surface area (Å²) in [4.78, 5) is 19.0. The standard InChI is InChI=1S/C31H37F3N4O2/c1-19(31(32,33)34)29-26-5-2-6-28(27(26)16-22(37-29)4-3-15-35-30(39)20-7-8-20)36-21-9-11-23(12-10-21)38-24-13-14-25(38)18-40-17-24/h2-6,16,20-21,23-25,36H,1,7-15,17-18H2,(H,35,39)/b4-3+. The normalized spacial score (nSPS) is 27.3. The zero-order valence-electron chi connectivity index (χ0n) is 22.7. The molecule has 2 saturated heterocycles. The number of nitrogens with one attached hydrogen (secondary N) is 2. The van der Waals surface area contributed by atoms with Crippen LogP contribution in [-0.4, -0.2) is 65.9 Å². The van der Waals surface area contributed by atoms with E-state index in [2.05, 4.69) is 27.1 Å². The molecule has 214 valence electrons. The number of alkyl halides is 3. The number of hydrogen-bond acceptors (Lipinski definition) is 5. The summed E-state index contributed by atoms with van der Waals surface area (Å²) in [5, 5.41) is 7.61. The number of allylic oxidation sites excluding steroid dienone is 1. The lowest BCUT2D eigenvalue weighted by Gasteiger charge is -2.43. The molecule has 1 aromatic carbocycles. The van der Waals surface area contributed by atoms with Gasteiger partial charge in [0.25, 0.3) is 0 Å². The van der Waals surface area contributed by atoms with Crippen LogP contribution in [0.1, 0.15) is 62.8 Å². The number of anilines is 1. The molecule has 2 N–H and O–H groups in total. The van der Waals surface area contributed by atoms with Gasteiger partial charge >= 0.3 is 6.18 Å². The molecule has 2 unspecified atom stereocenters. The highest BCUT2D eigenvalue weighted by molar-refractivity contribution is 6.00. The van der Waals surface area contributed by atoms with Crippen LogP contribution in [0.3, 0.4) is 0 Å². The van der Waals surface area contributed by atoms with Gasteiger partial charge in [-0.1, -0.05) is 24.8 Å². The van der Waals surface area contributed by atoms with E-state index in [9.17, 15) is 18.0 Å². The third-order valence-corrected chi connectivity index (χ3v) is 8.93. The first-order chi connectivity index (χ1) is 19.3. The van der Waals surface area contributed by atoms with E-state index in [1.54, 1.807) is 24.3 Å². The highest BCUT2D eigenvalue weighted by Crippen LogP contribution is 2.39. The van der Waals surface area contributed by atoms with Crippen molar-refractivity contribution in [2.45, 2.75) is 81.7 Å². The van der Waals surface area contributed by atoms with Crippen molar-refractivity contribution in [3.8, 4) is 0 Å². The second-order valence-corrected chi connectivity index (χ2v) is 11.7. The number of nitrogens with zero attached hydrogens (tertiary/aromatic N) is 2. The number of morpholine rings is 1. The van der Waals surface area contributed by atoms with Gasteiger partial charge in [0.2, 0.25) is 5.91 Å². The van der Waals surface area contributed by atoms with Gasteiger partial charge in [0, 0.05) is 53.1 Å². The number of carbonyl (C=O) groups is 1. The Morgan fingerprint density at radius 3 is 2.40 bits per heavy atom. The molecule has 2 atom stereocenters. The monoisotopic (exact) mass is 554 g/mol. The third-order valence-electron chi connectivity index (χ3n) is 8.93. The molecule has 2 aliphatic carbocycles. The van der Waals surface area contributed by atoms with Gasteiger partial charge in [-0.25, -0.2) is 4.98 Å². The van der Waals surface area contributed by atoms with E-state index in [0.29, 0.717) is 41.1 Å². The van der Waals surface area contributed by atoms with Crippen molar-refractivity contribution in [1.29, 1.82) is 0 Å². The van der Waals surface area contributed by atoms with Gasteiger partial charge in [0.1, 0.15) is 0 Å². The van der Waals surface area contributed by atoms with Crippen molar-refractivity contribution in [3.63, 3.8) is 0 Å². The maximum absolute atomic E-state index is 13.8. The molecule has 4 aliphatic rings. The van der Waals surface area contributed by atoms with Crippen LogP contribution < -0.4 is 10.6 Å². The first kappa shape index (κ1) is 27.3. The molecule has 1 amide bonds. The Kier molecular flexibility index (Phi) is 7.61. The minimum Gasteiger partial charge on any atom is -0.382 e. The number of hydrogen-bond donors (Lipinski definition) is 2. The highest BCUT2D eigenvalue weighted by Gasteiger charge is 2.42. The van der Waals surface area contributed by atoms with Crippen molar-refractivity contribution >= 4 is 34.0 Å². The molecule has 9 heteroatoms. The van der Waals surface area contributed by atoms with E-state index in [1.807, 2.05) is 12.1 Å². The van der Waals surface area contributed by atoms with Crippen LogP contribution in [-0.2, 0) is 9.53 Å². The van der Waals surface area contributed by atoms with E-state index in [0.717, 1.165) is 57.4 Å². The second kappa shape index (κ2) is 11.2. The molecule has 3 heterocycles. The van der Waals surface area contributed by atoms with Crippen LogP contribution in [0.4, 0.5) is 18.9 Å². The number of ether oxygens (including phenoxy) is 1. The van der Waals surface area contributed by atoms with Crippen molar-refractivity contribution < 1.29 is 22.7 Å². The summed E-state index contributed by atoms with van der Waals surface area (Å²) in [5.41, 5.74) is 0.0754. The molecule has 6 rings (SSSR count). The van der Waals surface area contributed by atoms with Crippen LogP contribution in [0.15, 0.2) is 36.9 Å².